The topological polar surface area (TPSA) is 70.9 Å². The fraction of sp³-hybridized carbons (Fsp3) is 0.263. The third-order valence-corrected chi connectivity index (χ3v) is 3.60. The highest BCUT2D eigenvalue weighted by molar-refractivity contribution is 5.95. The zero-order chi connectivity index (χ0) is 17.7. The summed E-state index contributed by atoms with van der Waals surface area (Å²) in [5.41, 5.74) is 4.94. The maximum Gasteiger partial charge on any atom is 0.271 e. The first kappa shape index (κ1) is 17.5. The molecule has 0 aliphatic carbocycles. The van der Waals surface area contributed by atoms with Crippen molar-refractivity contribution in [3.05, 3.63) is 59.2 Å². The molecule has 0 fully saturated rings. The highest BCUT2D eigenvalue weighted by Gasteiger charge is 2.14. The number of phenols is 1. The lowest BCUT2D eigenvalue weighted by Crippen LogP contribution is -2.18. The molecule has 5 nitrogen and oxygen atoms in total. The molecule has 1 amide bonds. The summed E-state index contributed by atoms with van der Waals surface area (Å²) in [6.45, 7) is 6.37. The Morgan fingerprint density at radius 1 is 1.17 bits per heavy atom. The fourth-order valence-corrected chi connectivity index (χ4v) is 2.13. The summed E-state index contributed by atoms with van der Waals surface area (Å²) in [5.74, 6) is 0.123. The van der Waals surface area contributed by atoms with Gasteiger partial charge in [0.25, 0.3) is 5.91 Å². The third-order valence-electron chi connectivity index (χ3n) is 3.60. The Balaban J connectivity index is 2.02. The van der Waals surface area contributed by atoms with E-state index in [1.165, 1.54) is 25.0 Å². The Bertz CT molecular complexity index is 744. The molecule has 2 rings (SSSR count). The minimum absolute atomic E-state index is 0.0467. The van der Waals surface area contributed by atoms with Crippen LogP contribution in [0.1, 0.15) is 42.3 Å². The lowest BCUT2D eigenvalue weighted by molar-refractivity contribution is 0.0955. The molecule has 0 unspecified atom stereocenters. The highest BCUT2D eigenvalue weighted by Crippen LogP contribution is 2.25. The van der Waals surface area contributed by atoms with Gasteiger partial charge in [0.2, 0.25) is 0 Å². The second-order valence-electron chi connectivity index (χ2n) is 6.46. The first-order valence-corrected chi connectivity index (χ1v) is 7.62. The molecule has 0 heterocycles. The van der Waals surface area contributed by atoms with Crippen LogP contribution in [0.25, 0.3) is 0 Å². The summed E-state index contributed by atoms with van der Waals surface area (Å²) in [6.07, 6.45) is 1.49. The van der Waals surface area contributed by atoms with E-state index in [-0.39, 0.29) is 17.1 Å². The number of phenolic OH excluding ortho intramolecular Hbond substituents is 1. The predicted molar refractivity (Wildman–Crippen MR) is 94.9 cm³/mol. The fourth-order valence-electron chi connectivity index (χ4n) is 2.13. The van der Waals surface area contributed by atoms with E-state index >= 15 is 0 Å². The highest BCUT2D eigenvalue weighted by atomic mass is 16.5. The molecule has 0 atom stereocenters. The Morgan fingerprint density at radius 3 is 2.42 bits per heavy atom. The summed E-state index contributed by atoms with van der Waals surface area (Å²) >= 11 is 0. The number of benzene rings is 2. The van der Waals surface area contributed by atoms with E-state index in [2.05, 4.69) is 31.3 Å². The van der Waals surface area contributed by atoms with Gasteiger partial charge in [-0.05, 0) is 46.9 Å². The van der Waals surface area contributed by atoms with Crippen LogP contribution in [-0.2, 0) is 5.41 Å². The second kappa shape index (κ2) is 7.17. The molecular weight excluding hydrogens is 304 g/mol. The average Bonchev–Trinajstić information content (AvgIpc) is 2.55. The summed E-state index contributed by atoms with van der Waals surface area (Å²) in [6, 6.07) is 12.3. The summed E-state index contributed by atoms with van der Waals surface area (Å²) in [4.78, 5) is 12.1. The molecular formula is C19H22N2O3. The Labute approximate surface area is 142 Å². The van der Waals surface area contributed by atoms with Crippen molar-refractivity contribution >= 4 is 12.1 Å². The van der Waals surface area contributed by atoms with Gasteiger partial charge >= 0.3 is 0 Å². The van der Waals surface area contributed by atoms with Gasteiger partial charge in [-0.1, -0.05) is 32.9 Å². The van der Waals surface area contributed by atoms with Gasteiger partial charge in [-0.15, -0.1) is 0 Å². The number of methoxy groups -OCH3 is 1. The first-order chi connectivity index (χ1) is 11.3. The Hall–Kier alpha value is -2.82. The molecule has 0 aliphatic rings. The lowest BCUT2D eigenvalue weighted by atomic mass is 9.87. The van der Waals surface area contributed by atoms with Gasteiger partial charge in [0.05, 0.1) is 13.3 Å². The molecule has 0 spiro atoms. The van der Waals surface area contributed by atoms with Crippen molar-refractivity contribution in [3.63, 3.8) is 0 Å². The van der Waals surface area contributed by atoms with Crippen LogP contribution in [-0.4, -0.2) is 24.3 Å². The molecule has 2 aromatic rings. The largest absolute Gasteiger partial charge is 0.504 e. The smallest absolute Gasteiger partial charge is 0.271 e. The quantitative estimate of drug-likeness (QED) is 0.667. The lowest BCUT2D eigenvalue weighted by Gasteiger charge is -2.18. The number of hydrazone groups is 1. The van der Waals surface area contributed by atoms with Crippen LogP contribution in [0.2, 0.25) is 0 Å². The summed E-state index contributed by atoms with van der Waals surface area (Å²) in [7, 11) is 1.47. The number of ether oxygens (including phenoxy) is 1. The van der Waals surface area contributed by atoms with Gasteiger partial charge in [-0.2, -0.15) is 5.10 Å². The van der Waals surface area contributed by atoms with Crippen molar-refractivity contribution in [3.8, 4) is 11.5 Å². The molecule has 0 saturated heterocycles. The number of amides is 1. The molecule has 0 aromatic heterocycles. The van der Waals surface area contributed by atoms with Crippen molar-refractivity contribution in [1.82, 2.24) is 5.43 Å². The monoisotopic (exact) mass is 326 g/mol. The average molecular weight is 326 g/mol. The van der Waals surface area contributed by atoms with Crippen LogP contribution in [0.3, 0.4) is 0 Å². The number of nitrogens with zero attached hydrogens (tertiary/aromatic N) is 1. The third kappa shape index (κ3) is 4.35. The predicted octanol–water partition coefficient (Wildman–Crippen LogP) is 3.46. The van der Waals surface area contributed by atoms with E-state index in [1.807, 2.05) is 12.1 Å². The molecule has 0 aliphatic heterocycles. The standard InChI is InChI=1S/C19H22N2O3/c1-19(2,3)15-8-6-14(7-9-15)18(23)21-20-12-13-5-10-16(22)17(11-13)24-4/h5-12,22H,1-4H3,(H,21,23). The number of carbonyl (C=O) groups excluding carboxylic acids is 1. The normalized spacial score (nSPS) is 11.5. The van der Waals surface area contributed by atoms with E-state index in [1.54, 1.807) is 24.3 Å². The van der Waals surface area contributed by atoms with Gasteiger partial charge in [0, 0.05) is 5.56 Å². The summed E-state index contributed by atoms with van der Waals surface area (Å²) in [5, 5.41) is 13.5. The van der Waals surface area contributed by atoms with Crippen LogP contribution in [0, 0.1) is 0 Å². The van der Waals surface area contributed by atoms with Crippen LogP contribution in [0.15, 0.2) is 47.6 Å². The van der Waals surface area contributed by atoms with Crippen LogP contribution in [0.5, 0.6) is 11.5 Å². The van der Waals surface area contributed by atoms with Crippen molar-refractivity contribution in [1.29, 1.82) is 0 Å². The maximum atomic E-state index is 12.1. The van der Waals surface area contributed by atoms with Crippen molar-refractivity contribution in [2.24, 2.45) is 5.10 Å². The van der Waals surface area contributed by atoms with E-state index in [0.29, 0.717) is 16.9 Å². The van der Waals surface area contributed by atoms with Gasteiger partial charge in [0.15, 0.2) is 11.5 Å². The molecule has 24 heavy (non-hydrogen) atoms. The summed E-state index contributed by atoms with van der Waals surface area (Å²) < 4.78 is 5.02. The molecule has 0 saturated carbocycles. The van der Waals surface area contributed by atoms with Crippen LogP contribution < -0.4 is 10.2 Å². The Morgan fingerprint density at radius 2 is 1.83 bits per heavy atom. The van der Waals surface area contributed by atoms with Gasteiger partial charge in [0.1, 0.15) is 0 Å². The van der Waals surface area contributed by atoms with Gasteiger partial charge < -0.3 is 9.84 Å². The number of nitrogens with one attached hydrogen (secondary N) is 1. The van der Waals surface area contributed by atoms with Crippen LogP contribution >= 0.6 is 0 Å². The number of carbonyl (C=O) groups is 1. The van der Waals surface area contributed by atoms with Crippen molar-refractivity contribution in [2.75, 3.05) is 7.11 Å². The number of hydrogen-bond acceptors (Lipinski definition) is 4. The maximum absolute atomic E-state index is 12.1. The second-order valence-corrected chi connectivity index (χ2v) is 6.46. The molecule has 2 N–H and O–H groups in total. The Kier molecular flexibility index (Phi) is 5.24. The van der Waals surface area contributed by atoms with E-state index in [4.69, 9.17) is 4.74 Å². The van der Waals surface area contributed by atoms with E-state index in [9.17, 15) is 9.90 Å². The van der Waals surface area contributed by atoms with Crippen molar-refractivity contribution in [2.45, 2.75) is 26.2 Å². The SMILES string of the molecule is COc1cc(C=NNC(=O)c2ccc(C(C)(C)C)cc2)ccc1O. The number of hydrogen-bond donors (Lipinski definition) is 2. The van der Waals surface area contributed by atoms with Crippen molar-refractivity contribution < 1.29 is 14.6 Å². The minimum atomic E-state index is -0.280. The van der Waals surface area contributed by atoms with Gasteiger partial charge in [-0.3, -0.25) is 4.79 Å². The number of rotatable bonds is 4. The van der Waals surface area contributed by atoms with E-state index in [0.717, 1.165) is 0 Å². The first-order valence-electron chi connectivity index (χ1n) is 7.62. The zero-order valence-corrected chi connectivity index (χ0v) is 14.3. The molecule has 0 bridgehead atoms. The molecule has 2 aromatic carbocycles. The van der Waals surface area contributed by atoms with Gasteiger partial charge in [-0.25, -0.2) is 5.43 Å². The molecule has 5 heteroatoms. The van der Waals surface area contributed by atoms with Crippen LogP contribution in [0.4, 0.5) is 0 Å². The molecule has 0 radical (unpaired) electrons. The molecule has 126 valence electrons. The number of aromatic hydroxyl groups is 1. The zero-order valence-electron chi connectivity index (χ0n) is 14.3. The van der Waals surface area contributed by atoms with E-state index < -0.39 is 0 Å². The minimum Gasteiger partial charge on any atom is -0.504 e.